The van der Waals surface area contributed by atoms with Crippen molar-refractivity contribution in [2.75, 3.05) is 7.11 Å². The number of hydrogen-bond acceptors (Lipinski definition) is 4. The Bertz CT molecular complexity index is 1090. The van der Waals surface area contributed by atoms with Crippen LogP contribution in [0.15, 0.2) is 58.4 Å². The van der Waals surface area contributed by atoms with Crippen molar-refractivity contribution in [2.45, 2.75) is 13.8 Å². The SMILES string of the molecule is COC(=O)c1c(-c2ccccc2)c2cc(Cl)ccc2c(=O)n1N=CC(C)C. The molecular weight excluding hydrogens is 364 g/mol. The number of rotatable bonds is 4. The molecule has 0 bridgehead atoms. The molecule has 3 aromatic rings. The van der Waals surface area contributed by atoms with Gasteiger partial charge in [-0.2, -0.15) is 9.78 Å². The highest BCUT2D eigenvalue weighted by Crippen LogP contribution is 2.32. The minimum Gasteiger partial charge on any atom is -0.464 e. The maximum atomic E-state index is 13.1. The molecule has 27 heavy (non-hydrogen) atoms. The predicted octanol–water partition coefficient (Wildman–Crippen LogP) is 4.60. The molecule has 0 aliphatic heterocycles. The van der Waals surface area contributed by atoms with Crippen molar-refractivity contribution in [3.63, 3.8) is 0 Å². The van der Waals surface area contributed by atoms with E-state index in [2.05, 4.69) is 5.10 Å². The molecule has 138 valence electrons. The molecule has 0 saturated carbocycles. The summed E-state index contributed by atoms with van der Waals surface area (Å²) in [5, 5.41) is 5.75. The topological polar surface area (TPSA) is 60.7 Å². The van der Waals surface area contributed by atoms with Crippen molar-refractivity contribution in [3.8, 4) is 11.1 Å². The standard InChI is InChI=1S/C21H19ClN2O3/c1-13(2)12-23-24-19(21(26)27-3)18(14-7-5-4-6-8-14)17-11-15(22)9-10-16(17)20(24)25/h4-13H,1-3H3. The fourth-order valence-electron chi connectivity index (χ4n) is 2.85. The summed E-state index contributed by atoms with van der Waals surface area (Å²) in [6, 6.07) is 14.3. The third kappa shape index (κ3) is 3.64. The number of ether oxygens (including phenoxy) is 1. The van der Waals surface area contributed by atoms with Crippen LogP contribution in [0, 0.1) is 5.92 Å². The van der Waals surface area contributed by atoms with Crippen LogP contribution in [-0.4, -0.2) is 24.0 Å². The van der Waals surface area contributed by atoms with E-state index in [-0.39, 0.29) is 11.6 Å². The van der Waals surface area contributed by atoms with E-state index in [4.69, 9.17) is 16.3 Å². The highest BCUT2D eigenvalue weighted by atomic mass is 35.5. The van der Waals surface area contributed by atoms with Crippen LogP contribution in [0.5, 0.6) is 0 Å². The Labute approximate surface area is 161 Å². The number of halogens is 1. The van der Waals surface area contributed by atoms with Crippen molar-refractivity contribution in [3.05, 3.63) is 69.6 Å². The number of carbonyl (C=O) groups excluding carboxylic acids is 1. The van der Waals surface area contributed by atoms with Gasteiger partial charge in [-0.3, -0.25) is 4.79 Å². The lowest BCUT2D eigenvalue weighted by atomic mass is 9.97. The number of fused-ring (bicyclic) bond motifs is 1. The fraction of sp³-hybridized carbons (Fsp3) is 0.190. The molecule has 1 heterocycles. The van der Waals surface area contributed by atoms with Crippen LogP contribution in [0.4, 0.5) is 0 Å². The number of hydrogen-bond donors (Lipinski definition) is 0. The maximum absolute atomic E-state index is 13.1. The molecule has 0 fully saturated rings. The van der Waals surface area contributed by atoms with Gasteiger partial charge in [0.1, 0.15) is 0 Å². The van der Waals surface area contributed by atoms with Gasteiger partial charge >= 0.3 is 5.97 Å². The van der Waals surface area contributed by atoms with Gasteiger partial charge in [0, 0.05) is 22.2 Å². The van der Waals surface area contributed by atoms with Crippen molar-refractivity contribution >= 4 is 34.6 Å². The average molecular weight is 383 g/mol. The lowest BCUT2D eigenvalue weighted by molar-refractivity contribution is 0.0589. The zero-order valence-corrected chi connectivity index (χ0v) is 16.0. The molecule has 0 spiro atoms. The van der Waals surface area contributed by atoms with Gasteiger partial charge in [-0.05, 0) is 35.1 Å². The van der Waals surface area contributed by atoms with Crippen molar-refractivity contribution in [1.29, 1.82) is 0 Å². The first-order valence-corrected chi connectivity index (χ1v) is 8.88. The third-order valence-electron chi connectivity index (χ3n) is 4.04. The summed E-state index contributed by atoms with van der Waals surface area (Å²) in [4.78, 5) is 25.7. The molecule has 2 aromatic carbocycles. The van der Waals surface area contributed by atoms with Gasteiger partial charge in [0.15, 0.2) is 5.69 Å². The molecule has 6 heteroatoms. The molecule has 0 aliphatic rings. The highest BCUT2D eigenvalue weighted by molar-refractivity contribution is 6.31. The summed E-state index contributed by atoms with van der Waals surface area (Å²) >= 11 is 6.18. The van der Waals surface area contributed by atoms with Gasteiger partial charge in [0.2, 0.25) is 0 Å². The molecule has 3 rings (SSSR count). The molecule has 0 saturated heterocycles. The van der Waals surface area contributed by atoms with Gasteiger partial charge in [-0.1, -0.05) is 55.8 Å². The number of pyridine rings is 1. The van der Waals surface area contributed by atoms with Gasteiger partial charge < -0.3 is 4.74 Å². The second-order valence-corrected chi connectivity index (χ2v) is 6.83. The normalized spacial score (nSPS) is 11.4. The molecule has 0 amide bonds. The number of aromatic nitrogens is 1. The van der Waals surface area contributed by atoms with Gasteiger partial charge in [-0.15, -0.1) is 0 Å². The molecule has 0 atom stereocenters. The molecule has 0 N–H and O–H groups in total. The lowest BCUT2D eigenvalue weighted by Gasteiger charge is -2.16. The molecule has 0 aliphatic carbocycles. The Morgan fingerprint density at radius 3 is 2.48 bits per heavy atom. The monoisotopic (exact) mass is 382 g/mol. The van der Waals surface area contributed by atoms with Crippen LogP contribution in [0.1, 0.15) is 24.3 Å². The van der Waals surface area contributed by atoms with E-state index < -0.39 is 11.5 Å². The van der Waals surface area contributed by atoms with E-state index in [1.807, 2.05) is 44.2 Å². The van der Waals surface area contributed by atoms with Gasteiger partial charge in [0.05, 0.1) is 7.11 Å². The summed E-state index contributed by atoms with van der Waals surface area (Å²) in [5.41, 5.74) is 0.984. The Morgan fingerprint density at radius 2 is 1.85 bits per heavy atom. The fourth-order valence-corrected chi connectivity index (χ4v) is 3.02. The Morgan fingerprint density at radius 1 is 1.15 bits per heavy atom. The van der Waals surface area contributed by atoms with Crippen molar-refractivity contribution in [2.24, 2.45) is 11.0 Å². The summed E-state index contributed by atoms with van der Waals surface area (Å²) in [5.74, 6) is -0.544. The lowest BCUT2D eigenvalue weighted by Crippen LogP contribution is -2.25. The average Bonchev–Trinajstić information content (AvgIpc) is 2.66. The van der Waals surface area contributed by atoms with E-state index in [9.17, 15) is 9.59 Å². The predicted molar refractivity (Wildman–Crippen MR) is 109 cm³/mol. The first-order valence-electron chi connectivity index (χ1n) is 8.50. The third-order valence-corrected chi connectivity index (χ3v) is 4.28. The van der Waals surface area contributed by atoms with Crippen LogP contribution in [-0.2, 0) is 4.74 Å². The smallest absolute Gasteiger partial charge is 0.357 e. The number of methoxy groups -OCH3 is 1. The van der Waals surface area contributed by atoms with Gasteiger partial charge in [-0.25, -0.2) is 4.79 Å². The second kappa shape index (κ2) is 7.76. The van der Waals surface area contributed by atoms with Crippen LogP contribution >= 0.6 is 11.6 Å². The van der Waals surface area contributed by atoms with Crippen LogP contribution < -0.4 is 5.56 Å². The number of carbonyl (C=O) groups is 1. The zero-order chi connectivity index (χ0) is 19.6. The summed E-state index contributed by atoms with van der Waals surface area (Å²) in [7, 11) is 1.28. The van der Waals surface area contributed by atoms with Crippen molar-refractivity contribution in [1.82, 2.24) is 4.68 Å². The Kier molecular flexibility index (Phi) is 5.42. The Balaban J connectivity index is 2.55. The van der Waals surface area contributed by atoms with Gasteiger partial charge in [0.25, 0.3) is 5.56 Å². The van der Waals surface area contributed by atoms with E-state index in [0.717, 1.165) is 10.2 Å². The molecule has 0 unspecified atom stereocenters. The number of nitrogens with zero attached hydrogens (tertiary/aromatic N) is 2. The minimum absolute atomic E-state index is 0.0698. The molecule has 5 nitrogen and oxygen atoms in total. The number of esters is 1. The summed E-state index contributed by atoms with van der Waals surface area (Å²) in [6.07, 6.45) is 1.62. The maximum Gasteiger partial charge on any atom is 0.357 e. The van der Waals surface area contributed by atoms with E-state index >= 15 is 0 Å². The quantitative estimate of drug-likeness (QED) is 0.489. The Hall–Kier alpha value is -2.92. The van der Waals surface area contributed by atoms with Crippen LogP contribution in [0.2, 0.25) is 5.02 Å². The highest BCUT2D eigenvalue weighted by Gasteiger charge is 2.24. The minimum atomic E-state index is -0.645. The molecule has 1 aromatic heterocycles. The van der Waals surface area contributed by atoms with E-state index in [0.29, 0.717) is 21.4 Å². The van der Waals surface area contributed by atoms with Crippen molar-refractivity contribution < 1.29 is 9.53 Å². The van der Waals surface area contributed by atoms with E-state index in [1.165, 1.54) is 7.11 Å². The second-order valence-electron chi connectivity index (χ2n) is 6.40. The number of benzene rings is 2. The zero-order valence-electron chi connectivity index (χ0n) is 15.3. The molecule has 0 radical (unpaired) electrons. The van der Waals surface area contributed by atoms with Crippen LogP contribution in [0.25, 0.3) is 21.9 Å². The van der Waals surface area contributed by atoms with E-state index in [1.54, 1.807) is 24.4 Å². The first kappa shape index (κ1) is 18.9. The van der Waals surface area contributed by atoms with Crippen LogP contribution in [0.3, 0.4) is 0 Å². The first-order chi connectivity index (χ1) is 12.9. The summed E-state index contributed by atoms with van der Waals surface area (Å²) < 4.78 is 6.09. The summed E-state index contributed by atoms with van der Waals surface area (Å²) in [6.45, 7) is 3.87. The molecular formula is C21H19ClN2O3. The largest absolute Gasteiger partial charge is 0.464 e.